The highest BCUT2D eigenvalue weighted by molar-refractivity contribution is 7.99. The van der Waals surface area contributed by atoms with Gasteiger partial charge in [-0.3, -0.25) is 19.6 Å². The maximum absolute atomic E-state index is 13.0. The number of nitrogens with zero attached hydrogens (tertiary/aromatic N) is 5. The number of carbonyl (C=O) groups is 1. The van der Waals surface area contributed by atoms with Crippen LogP contribution >= 0.6 is 11.8 Å². The number of unbranched alkanes of at least 4 members (excludes halogenated alkanes) is 2. The molecule has 1 aromatic heterocycles. The molecule has 1 N–H and O–H groups in total. The Morgan fingerprint density at radius 1 is 1.06 bits per heavy atom. The number of carbonyl (C=O) groups excluding carboxylic acids is 1. The summed E-state index contributed by atoms with van der Waals surface area (Å²) in [4.78, 5) is 33.1. The van der Waals surface area contributed by atoms with Crippen LogP contribution in [-0.4, -0.2) is 38.8 Å². The Morgan fingerprint density at radius 3 is 2.59 bits per heavy atom. The Labute approximate surface area is 202 Å². The molecule has 0 fully saturated rings. The molecule has 0 bridgehead atoms. The molecule has 0 saturated heterocycles. The molecule has 1 aliphatic rings. The molecule has 174 valence electrons. The van der Waals surface area contributed by atoms with Gasteiger partial charge in [0.2, 0.25) is 0 Å². The van der Waals surface area contributed by atoms with E-state index < -0.39 is 5.92 Å². The third-order valence-electron chi connectivity index (χ3n) is 5.37. The van der Waals surface area contributed by atoms with Crippen LogP contribution in [0.3, 0.4) is 0 Å². The van der Waals surface area contributed by atoms with Crippen molar-refractivity contribution in [2.45, 2.75) is 38.3 Å². The summed E-state index contributed by atoms with van der Waals surface area (Å²) in [5.41, 5.74) is 2.31. The first-order valence-electron chi connectivity index (χ1n) is 11.3. The second-order valence-electron chi connectivity index (χ2n) is 7.86. The minimum atomic E-state index is -0.584. The highest BCUT2D eigenvalue weighted by atomic mass is 32.2. The van der Waals surface area contributed by atoms with E-state index in [0.29, 0.717) is 27.8 Å². The largest absolute Gasteiger partial charge is 0.298 e. The maximum atomic E-state index is 13.0. The van der Waals surface area contributed by atoms with Crippen LogP contribution in [0.1, 0.15) is 33.1 Å². The van der Waals surface area contributed by atoms with Gasteiger partial charge in [-0.2, -0.15) is 10.1 Å². The van der Waals surface area contributed by atoms with Crippen molar-refractivity contribution < 1.29 is 4.79 Å². The Bertz CT molecular complexity index is 1270. The van der Waals surface area contributed by atoms with Crippen LogP contribution in [0, 0.1) is 5.92 Å². The minimum absolute atomic E-state index is 0.174. The summed E-state index contributed by atoms with van der Waals surface area (Å²) in [6.45, 7) is 3.95. The predicted molar refractivity (Wildman–Crippen MR) is 137 cm³/mol. The smallest absolute Gasteiger partial charge is 0.278 e. The monoisotopic (exact) mass is 474 g/mol. The van der Waals surface area contributed by atoms with Gasteiger partial charge in [-0.1, -0.05) is 67.9 Å². The van der Waals surface area contributed by atoms with Crippen LogP contribution in [0.4, 0.5) is 11.4 Å². The molecule has 0 radical (unpaired) electrons. The number of rotatable bonds is 9. The van der Waals surface area contributed by atoms with Gasteiger partial charge in [0.1, 0.15) is 5.92 Å². The number of amides is 1. The van der Waals surface area contributed by atoms with E-state index in [4.69, 9.17) is 0 Å². The fourth-order valence-corrected chi connectivity index (χ4v) is 4.34. The second kappa shape index (κ2) is 11.0. The van der Waals surface area contributed by atoms with Gasteiger partial charge in [-0.15, -0.1) is 10.2 Å². The van der Waals surface area contributed by atoms with Crippen molar-refractivity contribution in [2.24, 2.45) is 16.0 Å². The third kappa shape index (κ3) is 5.31. The van der Waals surface area contributed by atoms with Gasteiger partial charge in [0.05, 0.1) is 17.1 Å². The lowest BCUT2D eigenvalue weighted by Crippen LogP contribution is -2.27. The average molecular weight is 475 g/mol. The van der Waals surface area contributed by atoms with Crippen molar-refractivity contribution in [3.63, 3.8) is 0 Å². The van der Waals surface area contributed by atoms with Crippen molar-refractivity contribution >= 4 is 41.0 Å². The summed E-state index contributed by atoms with van der Waals surface area (Å²) >= 11 is 1.49. The van der Waals surface area contributed by atoms with Crippen LogP contribution in [0.15, 0.2) is 74.6 Å². The zero-order valence-corrected chi connectivity index (χ0v) is 20.0. The van der Waals surface area contributed by atoms with Crippen molar-refractivity contribution in [3.8, 4) is 11.3 Å². The quantitative estimate of drug-likeness (QED) is 0.271. The number of hydrogen-bond acceptors (Lipinski definition) is 7. The average Bonchev–Trinajstić information content (AvgIpc) is 3.14. The molecule has 1 unspecified atom stereocenters. The van der Waals surface area contributed by atoms with Crippen LogP contribution in [0.2, 0.25) is 0 Å². The molecule has 34 heavy (non-hydrogen) atoms. The minimum Gasteiger partial charge on any atom is -0.298 e. The van der Waals surface area contributed by atoms with E-state index >= 15 is 0 Å². The number of aromatic nitrogens is 3. The first-order valence-corrected chi connectivity index (χ1v) is 12.2. The number of hydrazone groups is 1. The number of aromatic amines is 1. The number of benzene rings is 2. The number of anilines is 1. The van der Waals surface area contributed by atoms with Crippen molar-refractivity contribution in [2.75, 3.05) is 10.8 Å². The van der Waals surface area contributed by atoms with Crippen LogP contribution in [0.5, 0.6) is 0 Å². The number of thioether (sulfide) groups is 1. The predicted octanol–water partition coefficient (Wildman–Crippen LogP) is 4.86. The lowest BCUT2D eigenvalue weighted by atomic mass is 10.1. The molecular formula is C25H26N6O2S. The summed E-state index contributed by atoms with van der Waals surface area (Å²) < 4.78 is 0. The third-order valence-corrected chi connectivity index (χ3v) is 6.32. The van der Waals surface area contributed by atoms with Gasteiger partial charge in [-0.05, 0) is 31.5 Å². The molecule has 1 aliphatic heterocycles. The number of aliphatic imine (C=N–C) groups is 1. The highest BCUT2D eigenvalue weighted by Crippen LogP contribution is 2.28. The SMILES string of the molecule is CCCCCSc1nnc(-c2ccccc2N=CC2C(=O)N(c3ccccc3)N=C2C)c(=O)[nH]1. The Balaban J connectivity index is 1.54. The molecule has 0 aliphatic carbocycles. The first kappa shape index (κ1) is 23.6. The van der Waals surface area contributed by atoms with E-state index in [1.807, 2.05) is 42.5 Å². The number of hydrogen-bond donors (Lipinski definition) is 1. The molecule has 2 heterocycles. The lowest BCUT2D eigenvalue weighted by Gasteiger charge is -2.12. The van der Waals surface area contributed by atoms with E-state index in [-0.39, 0.29) is 17.2 Å². The first-order chi connectivity index (χ1) is 16.6. The van der Waals surface area contributed by atoms with Crippen LogP contribution in [-0.2, 0) is 4.79 Å². The molecule has 8 nitrogen and oxygen atoms in total. The normalized spacial score (nSPS) is 15.8. The molecule has 9 heteroatoms. The van der Waals surface area contributed by atoms with Crippen LogP contribution in [0.25, 0.3) is 11.3 Å². The van der Waals surface area contributed by atoms with E-state index in [1.54, 1.807) is 25.3 Å². The summed E-state index contributed by atoms with van der Waals surface area (Å²) in [7, 11) is 0. The fraction of sp³-hybridized carbons (Fsp3) is 0.280. The van der Waals surface area contributed by atoms with E-state index in [0.717, 1.165) is 25.0 Å². The number of para-hydroxylation sites is 2. The summed E-state index contributed by atoms with van der Waals surface area (Å²) in [6, 6.07) is 16.5. The highest BCUT2D eigenvalue weighted by Gasteiger charge is 2.33. The molecule has 0 spiro atoms. The number of H-pyrrole nitrogens is 1. The fourth-order valence-electron chi connectivity index (χ4n) is 3.53. The zero-order chi connectivity index (χ0) is 23.9. The lowest BCUT2D eigenvalue weighted by molar-refractivity contribution is -0.118. The molecule has 4 rings (SSSR count). The van der Waals surface area contributed by atoms with E-state index in [9.17, 15) is 9.59 Å². The molecule has 1 amide bonds. The summed E-state index contributed by atoms with van der Waals surface area (Å²) in [5, 5.41) is 14.7. The molecule has 0 saturated carbocycles. The van der Waals surface area contributed by atoms with Crippen LogP contribution < -0.4 is 10.6 Å². The topological polar surface area (TPSA) is 104 Å². The Morgan fingerprint density at radius 2 is 1.82 bits per heavy atom. The van der Waals surface area contributed by atoms with Gasteiger partial charge in [0.25, 0.3) is 11.5 Å². The molecular weight excluding hydrogens is 448 g/mol. The van der Waals surface area contributed by atoms with Crippen molar-refractivity contribution in [1.29, 1.82) is 0 Å². The molecule has 3 aromatic rings. The van der Waals surface area contributed by atoms with Gasteiger partial charge < -0.3 is 0 Å². The Hall–Kier alpha value is -3.59. The Kier molecular flexibility index (Phi) is 7.64. The standard InChI is InChI=1S/C25H26N6O2S/c1-3-4-10-15-34-25-27-23(32)22(28-29-25)19-13-8-9-14-21(19)26-16-20-17(2)30-31(24(20)33)18-11-6-5-7-12-18/h5-9,11-14,16,20H,3-4,10,15H2,1-2H3,(H,27,29,32). The van der Waals surface area contributed by atoms with Gasteiger partial charge in [0.15, 0.2) is 10.9 Å². The summed E-state index contributed by atoms with van der Waals surface area (Å²) in [5.74, 6) is 0.126. The number of nitrogens with one attached hydrogen (secondary N) is 1. The van der Waals surface area contributed by atoms with Gasteiger partial charge in [0, 0.05) is 17.5 Å². The second-order valence-corrected chi connectivity index (χ2v) is 8.95. The maximum Gasteiger partial charge on any atom is 0.278 e. The summed E-state index contributed by atoms with van der Waals surface area (Å²) in [6.07, 6.45) is 4.92. The van der Waals surface area contributed by atoms with Gasteiger partial charge in [-0.25, -0.2) is 0 Å². The molecule has 1 atom stereocenters. The van der Waals surface area contributed by atoms with E-state index in [1.165, 1.54) is 16.8 Å². The van der Waals surface area contributed by atoms with Gasteiger partial charge >= 0.3 is 0 Å². The van der Waals surface area contributed by atoms with Crippen molar-refractivity contribution in [3.05, 3.63) is 65.0 Å². The van der Waals surface area contributed by atoms with E-state index in [2.05, 4.69) is 32.2 Å². The molecule has 2 aromatic carbocycles. The van der Waals surface area contributed by atoms with Crippen molar-refractivity contribution in [1.82, 2.24) is 15.2 Å². The zero-order valence-electron chi connectivity index (χ0n) is 19.1.